The molecule has 49 heavy (non-hydrogen) atoms. The predicted octanol–water partition coefficient (Wildman–Crippen LogP) is 11.6. The van der Waals surface area contributed by atoms with Gasteiger partial charge >= 0.3 is 12.0 Å². The van der Waals surface area contributed by atoms with E-state index in [1.165, 1.54) is 116 Å². The molecule has 3 aliphatic rings. The molecule has 0 unspecified atom stereocenters. The summed E-state index contributed by atoms with van der Waals surface area (Å²) in [6, 6.07) is 0.861. The Bertz CT molecular complexity index is 949. The van der Waals surface area contributed by atoms with Crippen LogP contribution < -0.4 is 0 Å². The minimum absolute atomic E-state index is 0.143. The van der Waals surface area contributed by atoms with Crippen molar-refractivity contribution in [2.45, 2.75) is 251 Å². The van der Waals surface area contributed by atoms with Crippen LogP contribution in [0.3, 0.4) is 0 Å². The van der Waals surface area contributed by atoms with E-state index in [-0.39, 0.29) is 30.1 Å². The predicted molar refractivity (Wildman–Crippen MR) is 203 cm³/mol. The van der Waals surface area contributed by atoms with Crippen LogP contribution in [0.25, 0.3) is 0 Å². The molecule has 0 bridgehead atoms. The number of carbonyl (C=O) groups is 2. The van der Waals surface area contributed by atoms with Gasteiger partial charge in [-0.3, -0.25) is 14.5 Å². The van der Waals surface area contributed by atoms with Crippen LogP contribution in [0, 0.1) is 0 Å². The molecule has 1 amide bonds. The summed E-state index contributed by atoms with van der Waals surface area (Å²) in [5.41, 5.74) is -0.824. The second-order valence-corrected chi connectivity index (χ2v) is 17.1. The van der Waals surface area contributed by atoms with E-state index in [0.29, 0.717) is 25.3 Å². The van der Waals surface area contributed by atoms with Gasteiger partial charge in [-0.25, -0.2) is 4.99 Å². The number of esters is 1. The minimum Gasteiger partial charge on any atom is -0.462 e. The maximum atomic E-state index is 14.3. The van der Waals surface area contributed by atoms with E-state index in [4.69, 9.17) is 14.6 Å². The number of carbonyl (C=O) groups excluding carboxylic acids is 2. The number of amidine groups is 1. The number of nitrogens with zero attached hydrogens (tertiary/aromatic N) is 3. The number of aliphatic imine (C=N–C) groups is 1. The van der Waals surface area contributed by atoms with Crippen molar-refractivity contribution in [3.63, 3.8) is 0 Å². The van der Waals surface area contributed by atoms with E-state index in [0.717, 1.165) is 51.4 Å². The molecule has 284 valence electrons. The molecule has 0 aromatic rings. The number of rotatable bonds is 20. The van der Waals surface area contributed by atoms with Gasteiger partial charge in [-0.05, 0) is 59.8 Å². The number of hydroxylamine groups is 2. The molecule has 0 spiro atoms. The Hall–Kier alpha value is -1.63. The molecule has 0 atom stereocenters. The first-order chi connectivity index (χ1) is 23.5. The standard InChI is InChI=1S/C42H77N3O4/c1-7-8-9-10-11-12-13-14-15-16-17-18-19-20-27-32-39(47)44(37-30-25-22-26-31-37)40(43-36-28-23-21-24-29-36)49-45-41(3,4)33-38(48-35(2)46)34-42(45,5)6/h36-38H,7-34H2,1-6H3. The fourth-order valence-electron chi connectivity index (χ4n) is 8.89. The molecule has 0 aromatic heterocycles. The lowest BCUT2D eigenvalue weighted by Crippen LogP contribution is -2.64. The van der Waals surface area contributed by atoms with Crippen molar-refractivity contribution < 1.29 is 19.2 Å². The van der Waals surface area contributed by atoms with Gasteiger partial charge in [0.05, 0.1) is 17.1 Å². The van der Waals surface area contributed by atoms with E-state index >= 15 is 0 Å². The molecule has 0 N–H and O–H groups in total. The Balaban J connectivity index is 1.59. The molecule has 0 aromatic carbocycles. The van der Waals surface area contributed by atoms with Crippen molar-refractivity contribution in [3.05, 3.63) is 0 Å². The normalized spacial score (nSPS) is 21.1. The van der Waals surface area contributed by atoms with Gasteiger partial charge in [-0.1, -0.05) is 135 Å². The second kappa shape index (κ2) is 22.3. The maximum Gasteiger partial charge on any atom is 0.315 e. The SMILES string of the molecule is CCCCCCCCCCCCCCCCCC(=O)N(C(=NC1CCCCC1)ON1C(C)(C)CC(OC(C)=O)CC1(C)C)C1CCCCC1. The summed E-state index contributed by atoms with van der Waals surface area (Å²) < 4.78 is 5.72. The van der Waals surface area contributed by atoms with Crippen LogP contribution in [0.4, 0.5) is 0 Å². The lowest BCUT2D eigenvalue weighted by atomic mass is 9.80. The summed E-state index contributed by atoms with van der Waals surface area (Å²) in [5, 5.41) is 2.08. The topological polar surface area (TPSA) is 71.4 Å². The number of hydrogen-bond donors (Lipinski definition) is 0. The third-order valence-electron chi connectivity index (χ3n) is 11.3. The van der Waals surface area contributed by atoms with E-state index in [1.807, 2.05) is 4.90 Å². The fraction of sp³-hybridized carbons (Fsp3) is 0.929. The summed E-state index contributed by atoms with van der Waals surface area (Å²) >= 11 is 0. The van der Waals surface area contributed by atoms with Gasteiger partial charge in [0.2, 0.25) is 5.91 Å². The zero-order valence-electron chi connectivity index (χ0n) is 33.0. The molecular weight excluding hydrogens is 610 g/mol. The smallest absolute Gasteiger partial charge is 0.315 e. The van der Waals surface area contributed by atoms with E-state index < -0.39 is 11.1 Å². The van der Waals surface area contributed by atoms with Crippen molar-refractivity contribution in [2.75, 3.05) is 0 Å². The highest BCUT2D eigenvalue weighted by atomic mass is 16.7. The summed E-state index contributed by atoms with van der Waals surface area (Å²) in [6.45, 7) is 12.4. The summed E-state index contributed by atoms with van der Waals surface area (Å²) in [5.74, 6) is -0.0556. The summed E-state index contributed by atoms with van der Waals surface area (Å²) in [4.78, 5) is 40.5. The van der Waals surface area contributed by atoms with E-state index in [2.05, 4.69) is 39.7 Å². The molecule has 3 rings (SSSR count). The van der Waals surface area contributed by atoms with Crippen molar-refractivity contribution >= 4 is 17.9 Å². The molecule has 7 heteroatoms. The van der Waals surface area contributed by atoms with Crippen LogP contribution in [-0.4, -0.2) is 57.1 Å². The molecule has 1 heterocycles. The third kappa shape index (κ3) is 15.3. The van der Waals surface area contributed by atoms with Gasteiger partial charge in [-0.15, -0.1) is 5.06 Å². The van der Waals surface area contributed by atoms with Gasteiger partial charge in [0.1, 0.15) is 6.10 Å². The molecule has 1 aliphatic heterocycles. The monoisotopic (exact) mass is 688 g/mol. The van der Waals surface area contributed by atoms with Gasteiger partial charge < -0.3 is 9.57 Å². The Labute approximate surface area is 302 Å². The second-order valence-electron chi connectivity index (χ2n) is 17.1. The number of hydrogen-bond acceptors (Lipinski definition) is 6. The average molecular weight is 688 g/mol. The lowest BCUT2D eigenvalue weighted by molar-refractivity contribution is -0.252. The fourth-order valence-corrected chi connectivity index (χ4v) is 8.89. The van der Waals surface area contributed by atoms with Crippen LogP contribution in [0.5, 0.6) is 0 Å². The van der Waals surface area contributed by atoms with Crippen LogP contribution in [-0.2, 0) is 19.2 Å². The highest BCUT2D eigenvalue weighted by molar-refractivity contribution is 5.94. The van der Waals surface area contributed by atoms with Gasteiger partial charge in [0, 0.05) is 32.2 Å². The van der Waals surface area contributed by atoms with Crippen LogP contribution in [0.15, 0.2) is 4.99 Å². The first kappa shape index (κ1) is 41.8. The zero-order chi connectivity index (χ0) is 35.5. The molecule has 2 saturated carbocycles. The first-order valence-electron chi connectivity index (χ1n) is 21.1. The van der Waals surface area contributed by atoms with Gasteiger partial charge in [0.15, 0.2) is 0 Å². The van der Waals surface area contributed by atoms with Crippen molar-refractivity contribution in [1.29, 1.82) is 0 Å². The Morgan fingerprint density at radius 1 is 0.673 bits per heavy atom. The molecule has 7 nitrogen and oxygen atoms in total. The Kier molecular flexibility index (Phi) is 19.0. The van der Waals surface area contributed by atoms with Crippen LogP contribution in [0.1, 0.15) is 221 Å². The van der Waals surface area contributed by atoms with Gasteiger partial charge in [-0.2, -0.15) is 0 Å². The van der Waals surface area contributed by atoms with Crippen LogP contribution >= 0.6 is 0 Å². The number of ether oxygens (including phenoxy) is 1. The van der Waals surface area contributed by atoms with Crippen molar-refractivity contribution in [2.24, 2.45) is 4.99 Å². The zero-order valence-corrected chi connectivity index (χ0v) is 33.0. The Morgan fingerprint density at radius 2 is 1.12 bits per heavy atom. The Morgan fingerprint density at radius 3 is 1.59 bits per heavy atom. The maximum absolute atomic E-state index is 14.3. The first-order valence-corrected chi connectivity index (χ1v) is 21.1. The lowest BCUT2D eigenvalue weighted by Gasteiger charge is -2.53. The number of piperidine rings is 1. The largest absolute Gasteiger partial charge is 0.462 e. The van der Waals surface area contributed by atoms with Crippen molar-refractivity contribution in [3.8, 4) is 0 Å². The number of amides is 1. The molecule has 3 fully saturated rings. The molecular formula is C42H77N3O4. The highest BCUT2D eigenvalue weighted by Crippen LogP contribution is 2.41. The molecule has 1 saturated heterocycles. The van der Waals surface area contributed by atoms with Crippen molar-refractivity contribution in [1.82, 2.24) is 9.96 Å². The van der Waals surface area contributed by atoms with E-state index in [1.54, 1.807) is 0 Å². The third-order valence-corrected chi connectivity index (χ3v) is 11.3. The molecule has 0 radical (unpaired) electrons. The minimum atomic E-state index is -0.412. The van der Waals surface area contributed by atoms with E-state index in [9.17, 15) is 9.59 Å². The average Bonchev–Trinajstić information content (AvgIpc) is 3.05. The van der Waals surface area contributed by atoms with Gasteiger partial charge in [0.25, 0.3) is 0 Å². The molecule has 2 aliphatic carbocycles. The highest BCUT2D eigenvalue weighted by Gasteiger charge is 2.50. The summed E-state index contributed by atoms with van der Waals surface area (Å²) in [6.07, 6.45) is 32.8. The van der Waals surface area contributed by atoms with Crippen LogP contribution in [0.2, 0.25) is 0 Å². The number of unbranched alkanes of at least 4 members (excludes halogenated alkanes) is 14. The summed E-state index contributed by atoms with van der Waals surface area (Å²) in [7, 11) is 0. The quantitative estimate of drug-likeness (QED) is 0.0551.